The van der Waals surface area contributed by atoms with Crippen molar-refractivity contribution >= 4 is 0 Å². The predicted molar refractivity (Wildman–Crippen MR) is 70.1 cm³/mol. The summed E-state index contributed by atoms with van der Waals surface area (Å²) >= 11 is 0. The third-order valence-corrected chi connectivity index (χ3v) is 3.56. The molecule has 1 aromatic rings. The Morgan fingerprint density at radius 2 is 2.00 bits per heavy atom. The van der Waals surface area contributed by atoms with Gasteiger partial charge in [-0.25, -0.2) is 4.39 Å². The molecule has 17 heavy (non-hydrogen) atoms. The van der Waals surface area contributed by atoms with Crippen LogP contribution < -0.4 is 5.32 Å². The molecule has 0 spiro atoms. The highest BCUT2D eigenvalue weighted by atomic mass is 19.1. The third-order valence-electron chi connectivity index (χ3n) is 3.56. The van der Waals surface area contributed by atoms with Crippen LogP contribution in [0.3, 0.4) is 0 Å². The van der Waals surface area contributed by atoms with Gasteiger partial charge in [0.15, 0.2) is 0 Å². The van der Waals surface area contributed by atoms with E-state index in [4.69, 9.17) is 0 Å². The fourth-order valence-corrected chi connectivity index (χ4v) is 2.77. The average Bonchev–Trinajstić information content (AvgIpc) is 2.28. The molecule has 94 valence electrons. The lowest BCUT2D eigenvalue weighted by atomic mass is 9.90. The second-order valence-electron chi connectivity index (χ2n) is 5.32. The maximum atomic E-state index is 14.2. The Morgan fingerprint density at radius 1 is 1.29 bits per heavy atom. The SMILES string of the molecule is Cc1cc(C)cc(CC(F)C2CCCNC2)c1. The van der Waals surface area contributed by atoms with Crippen molar-refractivity contribution in [2.75, 3.05) is 13.1 Å². The number of rotatable bonds is 3. The quantitative estimate of drug-likeness (QED) is 0.848. The first-order valence-corrected chi connectivity index (χ1v) is 6.57. The monoisotopic (exact) mass is 235 g/mol. The van der Waals surface area contributed by atoms with Gasteiger partial charge in [0.25, 0.3) is 0 Å². The summed E-state index contributed by atoms with van der Waals surface area (Å²) in [4.78, 5) is 0. The number of hydrogen-bond acceptors (Lipinski definition) is 1. The highest BCUT2D eigenvalue weighted by molar-refractivity contribution is 5.29. The summed E-state index contributed by atoms with van der Waals surface area (Å²) in [7, 11) is 0. The van der Waals surface area contributed by atoms with Crippen LogP contribution in [0, 0.1) is 19.8 Å². The molecular weight excluding hydrogens is 213 g/mol. The van der Waals surface area contributed by atoms with Gasteiger partial charge >= 0.3 is 0 Å². The van der Waals surface area contributed by atoms with Gasteiger partial charge in [0, 0.05) is 18.9 Å². The Morgan fingerprint density at radius 3 is 2.59 bits per heavy atom. The highest BCUT2D eigenvalue weighted by Crippen LogP contribution is 2.21. The lowest BCUT2D eigenvalue weighted by Crippen LogP contribution is -2.35. The molecule has 0 aliphatic carbocycles. The first-order chi connectivity index (χ1) is 8.15. The zero-order valence-electron chi connectivity index (χ0n) is 10.8. The summed E-state index contributed by atoms with van der Waals surface area (Å²) in [5.74, 6) is 0.199. The maximum absolute atomic E-state index is 14.2. The molecule has 1 heterocycles. The number of piperidine rings is 1. The second-order valence-corrected chi connectivity index (χ2v) is 5.32. The average molecular weight is 235 g/mol. The van der Waals surface area contributed by atoms with E-state index in [0.717, 1.165) is 31.5 Å². The van der Waals surface area contributed by atoms with Crippen LogP contribution in [0.2, 0.25) is 0 Å². The van der Waals surface area contributed by atoms with E-state index in [1.165, 1.54) is 11.1 Å². The Kier molecular flexibility index (Phi) is 4.16. The van der Waals surface area contributed by atoms with Crippen molar-refractivity contribution in [3.8, 4) is 0 Å². The van der Waals surface area contributed by atoms with E-state index in [-0.39, 0.29) is 5.92 Å². The largest absolute Gasteiger partial charge is 0.316 e. The summed E-state index contributed by atoms with van der Waals surface area (Å²) in [6.45, 7) is 6.04. The summed E-state index contributed by atoms with van der Waals surface area (Å²) in [5.41, 5.74) is 3.60. The molecule has 2 rings (SSSR count). The molecule has 1 N–H and O–H groups in total. The van der Waals surface area contributed by atoms with E-state index in [1.807, 2.05) is 0 Å². The van der Waals surface area contributed by atoms with Crippen molar-refractivity contribution < 1.29 is 4.39 Å². The zero-order chi connectivity index (χ0) is 12.3. The van der Waals surface area contributed by atoms with Gasteiger partial charge in [-0.2, -0.15) is 0 Å². The summed E-state index contributed by atoms with van der Waals surface area (Å²) in [5, 5.41) is 3.28. The molecule has 1 saturated heterocycles. The minimum Gasteiger partial charge on any atom is -0.316 e. The lowest BCUT2D eigenvalue weighted by Gasteiger charge is -2.26. The number of aryl methyl sites for hydroxylation is 2. The molecule has 2 atom stereocenters. The Balaban J connectivity index is 1.99. The molecule has 0 saturated carbocycles. The summed E-state index contributed by atoms with van der Waals surface area (Å²) in [6, 6.07) is 6.35. The topological polar surface area (TPSA) is 12.0 Å². The predicted octanol–water partition coefficient (Wildman–Crippen LogP) is 3.18. The van der Waals surface area contributed by atoms with Crippen molar-refractivity contribution in [1.82, 2.24) is 5.32 Å². The van der Waals surface area contributed by atoms with E-state index in [2.05, 4.69) is 37.4 Å². The van der Waals surface area contributed by atoms with Gasteiger partial charge in [-0.1, -0.05) is 29.3 Å². The molecule has 1 nitrogen and oxygen atoms in total. The minimum absolute atomic E-state index is 0.199. The van der Waals surface area contributed by atoms with Gasteiger partial charge in [0.1, 0.15) is 6.17 Å². The fraction of sp³-hybridized carbons (Fsp3) is 0.600. The second kappa shape index (κ2) is 5.63. The van der Waals surface area contributed by atoms with E-state index in [9.17, 15) is 4.39 Å². The van der Waals surface area contributed by atoms with Gasteiger partial charge in [-0.3, -0.25) is 0 Å². The third kappa shape index (κ3) is 3.53. The van der Waals surface area contributed by atoms with Gasteiger partial charge < -0.3 is 5.32 Å². The number of alkyl halides is 1. The van der Waals surface area contributed by atoms with Gasteiger partial charge in [-0.05, 0) is 38.8 Å². The highest BCUT2D eigenvalue weighted by Gasteiger charge is 2.23. The van der Waals surface area contributed by atoms with Crippen molar-refractivity contribution in [1.29, 1.82) is 0 Å². The molecule has 0 aromatic heterocycles. The molecule has 2 heteroatoms. The number of nitrogens with one attached hydrogen (secondary N) is 1. The van der Waals surface area contributed by atoms with Crippen molar-refractivity contribution in [2.24, 2.45) is 5.92 Å². The number of halogens is 1. The molecule has 0 amide bonds. The van der Waals surface area contributed by atoms with Gasteiger partial charge in [0.2, 0.25) is 0 Å². The number of hydrogen-bond donors (Lipinski definition) is 1. The Labute approximate surface area is 103 Å². The van der Waals surface area contributed by atoms with Crippen LogP contribution in [0.5, 0.6) is 0 Å². The van der Waals surface area contributed by atoms with Crippen LogP contribution in [0.25, 0.3) is 0 Å². The van der Waals surface area contributed by atoms with E-state index >= 15 is 0 Å². The van der Waals surface area contributed by atoms with E-state index in [0.29, 0.717) is 6.42 Å². The van der Waals surface area contributed by atoms with Crippen LogP contribution >= 0.6 is 0 Å². The number of benzene rings is 1. The smallest absolute Gasteiger partial charge is 0.108 e. The minimum atomic E-state index is -0.705. The normalized spacial score (nSPS) is 22.4. The molecule has 2 unspecified atom stereocenters. The maximum Gasteiger partial charge on any atom is 0.108 e. The van der Waals surface area contributed by atoms with Crippen LogP contribution in [0.4, 0.5) is 4.39 Å². The van der Waals surface area contributed by atoms with Crippen LogP contribution in [0.1, 0.15) is 29.5 Å². The van der Waals surface area contributed by atoms with E-state index in [1.54, 1.807) is 0 Å². The van der Waals surface area contributed by atoms with Crippen LogP contribution in [-0.2, 0) is 6.42 Å². The molecule has 1 aromatic carbocycles. The Bertz CT molecular complexity index is 349. The lowest BCUT2D eigenvalue weighted by molar-refractivity contribution is 0.191. The van der Waals surface area contributed by atoms with Crippen molar-refractivity contribution in [2.45, 2.75) is 39.3 Å². The van der Waals surface area contributed by atoms with Gasteiger partial charge in [-0.15, -0.1) is 0 Å². The Hall–Kier alpha value is -0.890. The molecular formula is C15H22FN. The molecule has 1 aliphatic rings. The van der Waals surface area contributed by atoms with Crippen molar-refractivity contribution in [3.63, 3.8) is 0 Å². The molecule has 0 bridgehead atoms. The summed E-state index contributed by atoms with van der Waals surface area (Å²) in [6.07, 6.45) is 2.00. The molecule has 1 fully saturated rings. The van der Waals surface area contributed by atoms with Crippen molar-refractivity contribution in [3.05, 3.63) is 34.9 Å². The summed E-state index contributed by atoms with van der Waals surface area (Å²) < 4.78 is 14.2. The van der Waals surface area contributed by atoms with Crippen LogP contribution in [-0.4, -0.2) is 19.3 Å². The standard InChI is InChI=1S/C15H22FN/c1-11-6-12(2)8-13(7-11)9-15(16)14-4-3-5-17-10-14/h6-8,14-15,17H,3-5,9-10H2,1-2H3. The zero-order valence-corrected chi connectivity index (χ0v) is 10.8. The van der Waals surface area contributed by atoms with Gasteiger partial charge in [0.05, 0.1) is 0 Å². The molecule has 1 aliphatic heterocycles. The van der Waals surface area contributed by atoms with E-state index < -0.39 is 6.17 Å². The van der Waals surface area contributed by atoms with Crippen LogP contribution in [0.15, 0.2) is 18.2 Å². The first-order valence-electron chi connectivity index (χ1n) is 6.57. The fourth-order valence-electron chi connectivity index (χ4n) is 2.77. The molecule has 0 radical (unpaired) electrons. The first kappa shape index (κ1) is 12.6.